The number of aromatic nitrogens is 2. The van der Waals surface area contributed by atoms with E-state index in [1.165, 1.54) is 11.8 Å². The number of carbonyl (C=O) groups is 3. The van der Waals surface area contributed by atoms with Gasteiger partial charge in [-0.1, -0.05) is 16.9 Å². The van der Waals surface area contributed by atoms with Gasteiger partial charge in [0.25, 0.3) is 5.91 Å². The maximum atomic E-state index is 12.1. The number of nitrogens with zero attached hydrogens (tertiary/aromatic N) is 2. The standard InChI is InChI=1S/C15H16N4O5S/c1-9-5-10(19-24-9)8-25-14-11(3-2-4-17-14)15(22)23-7-13(21)18-6-12(16)20/h2-5H,6-8H2,1H3,(H2,16,20)(H,18,21). The van der Waals surface area contributed by atoms with Gasteiger partial charge in [-0.25, -0.2) is 9.78 Å². The molecule has 2 heterocycles. The van der Waals surface area contributed by atoms with Crippen LogP contribution in [0, 0.1) is 6.92 Å². The molecule has 0 aromatic carbocycles. The predicted octanol–water partition coefficient (Wildman–Crippen LogP) is 0.429. The van der Waals surface area contributed by atoms with Gasteiger partial charge >= 0.3 is 5.97 Å². The average Bonchev–Trinajstić information content (AvgIpc) is 3.01. The van der Waals surface area contributed by atoms with Crippen LogP contribution >= 0.6 is 11.8 Å². The van der Waals surface area contributed by atoms with E-state index in [1.54, 1.807) is 31.3 Å². The molecule has 10 heteroatoms. The molecule has 0 fully saturated rings. The number of esters is 1. The van der Waals surface area contributed by atoms with E-state index in [9.17, 15) is 14.4 Å². The van der Waals surface area contributed by atoms with Crippen LogP contribution < -0.4 is 11.1 Å². The maximum Gasteiger partial charge on any atom is 0.341 e. The molecule has 0 saturated heterocycles. The normalized spacial score (nSPS) is 10.3. The topological polar surface area (TPSA) is 137 Å². The lowest BCUT2D eigenvalue weighted by molar-refractivity contribution is -0.127. The molecule has 2 amide bonds. The minimum Gasteiger partial charge on any atom is -0.452 e. The molecule has 0 aliphatic carbocycles. The van der Waals surface area contributed by atoms with Crippen LogP contribution in [0.25, 0.3) is 0 Å². The second kappa shape index (κ2) is 8.83. The molecule has 0 spiro atoms. The number of pyridine rings is 1. The quantitative estimate of drug-likeness (QED) is 0.508. The van der Waals surface area contributed by atoms with Crippen molar-refractivity contribution in [2.45, 2.75) is 17.7 Å². The lowest BCUT2D eigenvalue weighted by Crippen LogP contribution is -2.36. The van der Waals surface area contributed by atoms with Gasteiger partial charge in [0, 0.05) is 18.0 Å². The summed E-state index contributed by atoms with van der Waals surface area (Å²) in [6.45, 7) is 0.948. The number of thioether (sulfide) groups is 1. The Kier molecular flexibility index (Phi) is 6.52. The Morgan fingerprint density at radius 3 is 2.88 bits per heavy atom. The van der Waals surface area contributed by atoms with Crippen LogP contribution in [0.5, 0.6) is 0 Å². The van der Waals surface area contributed by atoms with Gasteiger partial charge in [-0.2, -0.15) is 0 Å². The van der Waals surface area contributed by atoms with E-state index in [4.69, 9.17) is 15.0 Å². The largest absolute Gasteiger partial charge is 0.452 e. The van der Waals surface area contributed by atoms with Crippen LogP contribution in [0.3, 0.4) is 0 Å². The number of hydrogen-bond donors (Lipinski definition) is 2. The zero-order valence-electron chi connectivity index (χ0n) is 13.4. The number of carbonyl (C=O) groups excluding carboxylic acids is 3. The highest BCUT2D eigenvalue weighted by Gasteiger charge is 2.16. The van der Waals surface area contributed by atoms with Crippen LogP contribution in [0.15, 0.2) is 33.9 Å². The van der Waals surface area contributed by atoms with Crippen LogP contribution in [0.1, 0.15) is 21.8 Å². The Labute approximate surface area is 147 Å². The van der Waals surface area contributed by atoms with Crippen molar-refractivity contribution in [1.82, 2.24) is 15.5 Å². The fourth-order valence-electron chi connectivity index (χ4n) is 1.74. The Hall–Kier alpha value is -2.88. The summed E-state index contributed by atoms with van der Waals surface area (Å²) in [4.78, 5) is 38.3. The first kappa shape index (κ1) is 18.5. The van der Waals surface area contributed by atoms with Gasteiger partial charge < -0.3 is 20.3 Å². The molecule has 0 aliphatic heterocycles. The van der Waals surface area contributed by atoms with E-state index in [-0.39, 0.29) is 12.1 Å². The first-order valence-electron chi connectivity index (χ1n) is 7.18. The van der Waals surface area contributed by atoms with Gasteiger partial charge in [0.1, 0.15) is 10.8 Å². The third-order valence-electron chi connectivity index (χ3n) is 2.82. The van der Waals surface area contributed by atoms with E-state index in [2.05, 4.69) is 15.5 Å². The molecule has 2 rings (SSSR count). The van der Waals surface area contributed by atoms with Crippen molar-refractivity contribution in [3.63, 3.8) is 0 Å². The van der Waals surface area contributed by atoms with Crippen molar-refractivity contribution >= 4 is 29.5 Å². The molecule has 9 nitrogen and oxygen atoms in total. The predicted molar refractivity (Wildman–Crippen MR) is 87.5 cm³/mol. The van der Waals surface area contributed by atoms with Crippen molar-refractivity contribution in [2.24, 2.45) is 5.73 Å². The summed E-state index contributed by atoms with van der Waals surface area (Å²) >= 11 is 1.29. The van der Waals surface area contributed by atoms with Gasteiger partial charge in [0.05, 0.1) is 17.8 Å². The molecular formula is C15H16N4O5S. The Morgan fingerprint density at radius 2 is 2.20 bits per heavy atom. The smallest absolute Gasteiger partial charge is 0.341 e. The number of primary amides is 1. The van der Waals surface area contributed by atoms with Gasteiger partial charge in [-0.3, -0.25) is 9.59 Å². The monoisotopic (exact) mass is 364 g/mol. The lowest BCUT2D eigenvalue weighted by Gasteiger charge is -2.08. The highest BCUT2D eigenvalue weighted by atomic mass is 32.2. The van der Waals surface area contributed by atoms with Gasteiger partial charge in [0.2, 0.25) is 5.91 Å². The van der Waals surface area contributed by atoms with Crippen molar-refractivity contribution in [3.05, 3.63) is 41.4 Å². The van der Waals surface area contributed by atoms with E-state index < -0.39 is 24.4 Å². The van der Waals surface area contributed by atoms with Crippen LogP contribution in [0.4, 0.5) is 0 Å². The first-order chi connectivity index (χ1) is 12.0. The molecule has 0 atom stereocenters. The summed E-state index contributed by atoms with van der Waals surface area (Å²) in [5.41, 5.74) is 5.86. The number of hydrogen-bond acceptors (Lipinski definition) is 8. The number of amides is 2. The minimum absolute atomic E-state index is 0.232. The molecule has 2 aromatic heterocycles. The first-order valence-corrected chi connectivity index (χ1v) is 8.16. The van der Waals surface area contributed by atoms with E-state index in [0.29, 0.717) is 16.5 Å². The summed E-state index contributed by atoms with van der Waals surface area (Å²) in [6.07, 6.45) is 1.55. The van der Waals surface area contributed by atoms with Crippen molar-refractivity contribution in [1.29, 1.82) is 0 Å². The number of ether oxygens (including phenoxy) is 1. The molecule has 132 valence electrons. The molecule has 2 aromatic rings. The second-order valence-electron chi connectivity index (χ2n) is 4.89. The summed E-state index contributed by atoms with van der Waals surface area (Å²) in [5.74, 6) is -0.843. The Bertz CT molecular complexity index is 777. The highest BCUT2D eigenvalue weighted by molar-refractivity contribution is 7.98. The number of nitrogens with two attached hydrogens (primary N) is 1. The average molecular weight is 364 g/mol. The molecule has 0 saturated carbocycles. The third kappa shape index (κ3) is 5.92. The minimum atomic E-state index is -0.693. The number of aryl methyl sites for hydroxylation is 1. The number of nitrogens with one attached hydrogen (secondary N) is 1. The molecule has 0 bridgehead atoms. The fourth-order valence-corrected chi connectivity index (χ4v) is 2.60. The second-order valence-corrected chi connectivity index (χ2v) is 5.86. The zero-order valence-corrected chi connectivity index (χ0v) is 14.2. The van der Waals surface area contributed by atoms with E-state index >= 15 is 0 Å². The fraction of sp³-hybridized carbons (Fsp3) is 0.267. The Balaban J connectivity index is 1.93. The molecule has 0 aliphatic rings. The molecule has 0 unspecified atom stereocenters. The lowest BCUT2D eigenvalue weighted by atomic mass is 10.3. The van der Waals surface area contributed by atoms with Crippen molar-refractivity contribution < 1.29 is 23.6 Å². The van der Waals surface area contributed by atoms with Gasteiger partial charge in [0.15, 0.2) is 6.61 Å². The number of rotatable bonds is 8. The van der Waals surface area contributed by atoms with Crippen LogP contribution in [-0.4, -0.2) is 41.1 Å². The molecule has 0 radical (unpaired) electrons. The SMILES string of the molecule is Cc1cc(CSc2ncccc2C(=O)OCC(=O)NCC(N)=O)no1. The third-order valence-corrected chi connectivity index (χ3v) is 3.86. The summed E-state index contributed by atoms with van der Waals surface area (Å²) in [5, 5.41) is 6.54. The van der Waals surface area contributed by atoms with E-state index in [1.807, 2.05) is 0 Å². The maximum absolute atomic E-state index is 12.1. The van der Waals surface area contributed by atoms with Gasteiger partial charge in [-0.15, -0.1) is 0 Å². The summed E-state index contributed by atoms with van der Waals surface area (Å²) in [7, 11) is 0. The van der Waals surface area contributed by atoms with E-state index in [0.717, 1.165) is 5.69 Å². The van der Waals surface area contributed by atoms with Crippen molar-refractivity contribution in [2.75, 3.05) is 13.2 Å². The molecular weight excluding hydrogens is 348 g/mol. The van der Waals surface area contributed by atoms with Crippen LogP contribution in [-0.2, 0) is 20.1 Å². The van der Waals surface area contributed by atoms with Gasteiger partial charge in [-0.05, 0) is 19.1 Å². The van der Waals surface area contributed by atoms with Crippen LogP contribution in [0.2, 0.25) is 0 Å². The Morgan fingerprint density at radius 1 is 1.40 bits per heavy atom. The summed E-state index contributed by atoms with van der Waals surface area (Å²) < 4.78 is 9.91. The molecule has 3 N–H and O–H groups in total. The van der Waals surface area contributed by atoms with Crippen molar-refractivity contribution in [3.8, 4) is 0 Å². The zero-order chi connectivity index (χ0) is 18.2. The summed E-state index contributed by atoms with van der Waals surface area (Å²) in [6, 6.07) is 4.93. The molecule has 25 heavy (non-hydrogen) atoms. The highest BCUT2D eigenvalue weighted by Crippen LogP contribution is 2.24.